The van der Waals surface area contributed by atoms with E-state index in [2.05, 4.69) is 88.0 Å². The molecule has 0 spiro atoms. The third kappa shape index (κ3) is 2.61. The fourth-order valence-corrected chi connectivity index (χ4v) is 4.71. The molecule has 1 heterocycles. The fraction of sp³-hybridized carbons (Fsp3) is 0.417. The Labute approximate surface area is 152 Å². The van der Waals surface area contributed by atoms with Gasteiger partial charge in [-0.1, -0.05) is 57.2 Å². The zero-order valence-corrected chi connectivity index (χ0v) is 16.1. The molecule has 4 rings (SSSR count). The highest BCUT2D eigenvalue weighted by Gasteiger charge is 2.41. The molecule has 0 amide bonds. The summed E-state index contributed by atoms with van der Waals surface area (Å²) in [5.41, 5.74) is 9.02. The minimum Gasteiger partial charge on any atom is -0.341 e. The molecule has 1 heteroatoms. The highest BCUT2D eigenvalue weighted by Crippen LogP contribution is 2.48. The lowest BCUT2D eigenvalue weighted by Crippen LogP contribution is -2.36. The topological polar surface area (TPSA) is 3.24 Å². The van der Waals surface area contributed by atoms with E-state index in [1.165, 1.54) is 35.4 Å². The third-order valence-electron chi connectivity index (χ3n) is 6.23. The Morgan fingerprint density at radius 1 is 0.920 bits per heavy atom. The van der Waals surface area contributed by atoms with Crippen molar-refractivity contribution in [1.82, 2.24) is 0 Å². The Kier molecular flexibility index (Phi) is 3.79. The first-order valence-electron chi connectivity index (χ1n) is 9.53. The number of hydrogen-bond acceptors (Lipinski definition) is 1. The second-order valence-electron chi connectivity index (χ2n) is 8.72. The third-order valence-corrected chi connectivity index (χ3v) is 6.23. The van der Waals surface area contributed by atoms with E-state index >= 15 is 0 Å². The van der Waals surface area contributed by atoms with Gasteiger partial charge in [0.05, 0.1) is 0 Å². The first kappa shape index (κ1) is 16.4. The average molecular weight is 332 g/mol. The summed E-state index contributed by atoms with van der Waals surface area (Å²) < 4.78 is 0. The first-order valence-corrected chi connectivity index (χ1v) is 9.53. The molecule has 0 fully saturated rings. The number of nitrogens with zero attached hydrogens (tertiary/aromatic N) is 1. The number of aryl methyl sites for hydroxylation is 1. The molecule has 25 heavy (non-hydrogen) atoms. The van der Waals surface area contributed by atoms with Crippen LogP contribution in [0.4, 0.5) is 5.69 Å². The summed E-state index contributed by atoms with van der Waals surface area (Å²) in [4.78, 5) is 2.60. The lowest BCUT2D eigenvalue weighted by atomic mass is 9.77. The fourth-order valence-electron chi connectivity index (χ4n) is 4.71. The average Bonchev–Trinajstić information content (AvgIpc) is 2.86. The van der Waals surface area contributed by atoms with Crippen LogP contribution in [0.15, 0.2) is 59.8 Å². The van der Waals surface area contributed by atoms with Crippen molar-refractivity contribution in [3.63, 3.8) is 0 Å². The van der Waals surface area contributed by atoms with Gasteiger partial charge in [0.25, 0.3) is 0 Å². The van der Waals surface area contributed by atoms with Gasteiger partial charge in [0.1, 0.15) is 0 Å². The van der Waals surface area contributed by atoms with Gasteiger partial charge in [0.2, 0.25) is 0 Å². The van der Waals surface area contributed by atoms with Gasteiger partial charge in [0, 0.05) is 23.3 Å². The number of allylic oxidation sites excluding steroid dienone is 1. The number of hydrogen-bond donors (Lipinski definition) is 0. The zero-order chi connectivity index (χ0) is 17.8. The monoisotopic (exact) mass is 331 g/mol. The zero-order valence-electron chi connectivity index (χ0n) is 16.1. The maximum Gasteiger partial charge on any atom is 0.0448 e. The Balaban J connectivity index is 1.73. The summed E-state index contributed by atoms with van der Waals surface area (Å²) in [6.45, 7) is 11.5. The molecule has 0 N–H and O–H groups in total. The van der Waals surface area contributed by atoms with Crippen molar-refractivity contribution in [2.75, 3.05) is 4.90 Å². The molecule has 0 radical (unpaired) electrons. The van der Waals surface area contributed by atoms with Crippen LogP contribution in [-0.2, 0) is 11.8 Å². The van der Waals surface area contributed by atoms with E-state index in [4.69, 9.17) is 0 Å². The molecule has 1 aliphatic carbocycles. The van der Waals surface area contributed by atoms with Crippen molar-refractivity contribution in [1.29, 1.82) is 0 Å². The van der Waals surface area contributed by atoms with Gasteiger partial charge < -0.3 is 4.90 Å². The van der Waals surface area contributed by atoms with Crippen LogP contribution in [0.3, 0.4) is 0 Å². The van der Waals surface area contributed by atoms with Crippen LogP contribution in [0.2, 0.25) is 0 Å². The minimum atomic E-state index is 0.205. The van der Waals surface area contributed by atoms with E-state index in [9.17, 15) is 0 Å². The maximum absolute atomic E-state index is 2.60. The van der Waals surface area contributed by atoms with E-state index in [0.29, 0.717) is 12.0 Å². The van der Waals surface area contributed by atoms with Gasteiger partial charge in [-0.25, -0.2) is 0 Å². The highest BCUT2D eigenvalue weighted by molar-refractivity contribution is 5.62. The molecule has 1 aliphatic heterocycles. The Morgan fingerprint density at radius 3 is 2.28 bits per heavy atom. The summed E-state index contributed by atoms with van der Waals surface area (Å²) in [6.07, 6.45) is 2.42. The van der Waals surface area contributed by atoms with Crippen LogP contribution in [0.25, 0.3) is 0 Å². The molecule has 2 aromatic carbocycles. The molecular weight excluding hydrogens is 302 g/mol. The van der Waals surface area contributed by atoms with Crippen LogP contribution in [0.5, 0.6) is 0 Å². The van der Waals surface area contributed by atoms with Gasteiger partial charge in [-0.2, -0.15) is 0 Å². The highest BCUT2D eigenvalue weighted by atomic mass is 15.2. The van der Waals surface area contributed by atoms with Gasteiger partial charge in [0.15, 0.2) is 0 Å². The normalized spacial score (nSPS) is 22.8. The minimum absolute atomic E-state index is 0.205. The molecule has 0 aromatic heterocycles. The van der Waals surface area contributed by atoms with E-state index in [-0.39, 0.29) is 5.41 Å². The molecule has 1 nitrogen and oxygen atoms in total. The predicted octanol–water partition coefficient (Wildman–Crippen LogP) is 6.20. The largest absolute Gasteiger partial charge is 0.341 e. The van der Waals surface area contributed by atoms with E-state index in [1.807, 2.05) is 0 Å². The van der Waals surface area contributed by atoms with Crippen molar-refractivity contribution in [2.24, 2.45) is 0 Å². The standard InChI is InChI=1S/C24H29N/c1-16-17(2)25(20-13-11-19(12-14-20)24(3,4)5)22-15-10-18-8-6-7-9-21(18)23(16)22/h6-9,11-14,22-23H,10,15H2,1-5H3/t22?,23-/m0/s1. The molecule has 0 bridgehead atoms. The SMILES string of the molecule is CC1=C(C)N(c2ccc(C(C)(C)C)cc2)C2CCc3ccccc3[C@H]12. The van der Waals surface area contributed by atoms with Crippen molar-refractivity contribution in [3.05, 3.63) is 76.5 Å². The molecule has 2 atom stereocenters. The van der Waals surface area contributed by atoms with Gasteiger partial charge in [-0.05, 0) is 66.5 Å². The Morgan fingerprint density at radius 2 is 1.60 bits per heavy atom. The summed E-state index contributed by atoms with van der Waals surface area (Å²) in [7, 11) is 0. The summed E-state index contributed by atoms with van der Waals surface area (Å²) in [5, 5.41) is 0. The van der Waals surface area contributed by atoms with Crippen LogP contribution in [0, 0.1) is 0 Å². The summed E-state index contributed by atoms with van der Waals surface area (Å²) in [6, 6.07) is 18.9. The van der Waals surface area contributed by atoms with Crippen LogP contribution in [0.1, 0.15) is 63.6 Å². The number of anilines is 1. The summed E-state index contributed by atoms with van der Waals surface area (Å²) in [5.74, 6) is 0.548. The quantitative estimate of drug-likeness (QED) is 0.601. The smallest absolute Gasteiger partial charge is 0.0448 e. The van der Waals surface area contributed by atoms with Crippen LogP contribution >= 0.6 is 0 Å². The van der Waals surface area contributed by atoms with E-state index in [1.54, 1.807) is 11.1 Å². The van der Waals surface area contributed by atoms with Crippen molar-refractivity contribution in [3.8, 4) is 0 Å². The van der Waals surface area contributed by atoms with Crippen molar-refractivity contribution in [2.45, 2.75) is 64.8 Å². The predicted molar refractivity (Wildman–Crippen MR) is 107 cm³/mol. The molecular formula is C24H29N. The Hall–Kier alpha value is -2.02. The Bertz CT molecular complexity index is 820. The number of benzene rings is 2. The number of rotatable bonds is 1. The molecule has 0 saturated heterocycles. The van der Waals surface area contributed by atoms with E-state index < -0.39 is 0 Å². The summed E-state index contributed by atoms with van der Waals surface area (Å²) >= 11 is 0. The van der Waals surface area contributed by atoms with Crippen molar-refractivity contribution < 1.29 is 0 Å². The van der Waals surface area contributed by atoms with Crippen LogP contribution < -0.4 is 4.90 Å². The molecule has 0 saturated carbocycles. The second-order valence-corrected chi connectivity index (χ2v) is 8.72. The molecule has 130 valence electrons. The molecule has 1 unspecified atom stereocenters. The lowest BCUT2D eigenvalue weighted by Gasteiger charge is -2.36. The molecule has 2 aromatic rings. The van der Waals surface area contributed by atoms with Gasteiger partial charge in [-0.15, -0.1) is 0 Å². The molecule has 2 aliphatic rings. The van der Waals surface area contributed by atoms with E-state index in [0.717, 1.165) is 0 Å². The van der Waals surface area contributed by atoms with Gasteiger partial charge >= 0.3 is 0 Å². The number of fused-ring (bicyclic) bond motifs is 3. The maximum atomic E-state index is 2.60. The lowest BCUT2D eigenvalue weighted by molar-refractivity contribution is 0.526. The van der Waals surface area contributed by atoms with Gasteiger partial charge in [-0.3, -0.25) is 0 Å². The second kappa shape index (κ2) is 5.76. The van der Waals surface area contributed by atoms with Crippen molar-refractivity contribution >= 4 is 5.69 Å². The first-order chi connectivity index (χ1) is 11.9. The van der Waals surface area contributed by atoms with Crippen LogP contribution in [-0.4, -0.2) is 6.04 Å².